The molecule has 0 amide bonds. The molecule has 3 rings (SSSR count). The zero-order valence-corrected chi connectivity index (χ0v) is 10.6. The van der Waals surface area contributed by atoms with Gasteiger partial charge in [-0.2, -0.15) is 5.26 Å². The second kappa shape index (κ2) is 5.21. The topological polar surface area (TPSA) is 64.8 Å². The van der Waals surface area contributed by atoms with Crippen molar-refractivity contribution in [2.24, 2.45) is 0 Å². The highest BCUT2D eigenvalue weighted by molar-refractivity contribution is 5.93. The third-order valence-corrected chi connectivity index (χ3v) is 3.40. The van der Waals surface area contributed by atoms with E-state index in [0.29, 0.717) is 5.69 Å². The lowest BCUT2D eigenvalue weighted by atomic mass is 10.1. The van der Waals surface area contributed by atoms with Crippen LogP contribution in [-0.2, 0) is 0 Å². The Morgan fingerprint density at radius 1 is 1.16 bits per heavy atom. The van der Waals surface area contributed by atoms with Crippen molar-refractivity contribution in [3.63, 3.8) is 0 Å². The summed E-state index contributed by atoms with van der Waals surface area (Å²) in [5.74, 6) is 0. The Morgan fingerprint density at radius 2 is 2.05 bits per heavy atom. The van der Waals surface area contributed by atoms with Gasteiger partial charge in [-0.1, -0.05) is 18.2 Å². The Labute approximate surface area is 111 Å². The highest BCUT2D eigenvalue weighted by Gasteiger charge is 2.18. The summed E-state index contributed by atoms with van der Waals surface area (Å²) >= 11 is 0. The van der Waals surface area contributed by atoms with E-state index in [0.717, 1.165) is 49.2 Å². The zero-order chi connectivity index (χ0) is 13.1. The van der Waals surface area contributed by atoms with Gasteiger partial charge in [0.15, 0.2) is 5.69 Å². The molecular weight excluding hydrogens is 238 g/mol. The van der Waals surface area contributed by atoms with Gasteiger partial charge in [-0.3, -0.25) is 0 Å². The van der Waals surface area contributed by atoms with Gasteiger partial charge in [0.25, 0.3) is 0 Å². The molecule has 0 aliphatic carbocycles. The van der Waals surface area contributed by atoms with Crippen LogP contribution in [0, 0.1) is 11.3 Å². The number of fused-ring (bicyclic) bond motifs is 1. The molecule has 0 radical (unpaired) electrons. The minimum absolute atomic E-state index is 0.417. The largest absolute Gasteiger partial charge is 0.367 e. The molecule has 0 bridgehead atoms. The molecule has 1 N–H and O–H groups in total. The fourth-order valence-electron chi connectivity index (χ4n) is 2.50. The molecule has 96 valence electrons. The van der Waals surface area contributed by atoms with Crippen LogP contribution in [0.3, 0.4) is 0 Å². The summed E-state index contributed by atoms with van der Waals surface area (Å²) in [6, 6.07) is 10.0. The van der Waals surface area contributed by atoms with Gasteiger partial charge in [0.05, 0.1) is 11.2 Å². The standard InChI is InChI=1S/C14H15N5/c15-10-13-14(19-8-3-6-16-7-9-19)11-4-1-2-5-12(11)17-18-13/h1-2,4-5,16H,3,6-9H2. The maximum Gasteiger partial charge on any atom is 0.187 e. The molecule has 2 aromatic rings. The summed E-state index contributed by atoms with van der Waals surface area (Å²) in [7, 11) is 0. The van der Waals surface area contributed by atoms with Gasteiger partial charge in [-0.25, -0.2) is 0 Å². The number of hydrogen-bond donors (Lipinski definition) is 1. The van der Waals surface area contributed by atoms with Gasteiger partial charge in [-0.05, 0) is 19.0 Å². The highest BCUT2D eigenvalue weighted by atomic mass is 15.2. The van der Waals surface area contributed by atoms with Crippen molar-refractivity contribution in [1.29, 1.82) is 5.26 Å². The molecule has 5 heteroatoms. The summed E-state index contributed by atoms with van der Waals surface area (Å²) < 4.78 is 0. The van der Waals surface area contributed by atoms with Crippen LogP contribution >= 0.6 is 0 Å². The quantitative estimate of drug-likeness (QED) is 0.830. The normalized spacial score (nSPS) is 16.1. The van der Waals surface area contributed by atoms with Crippen molar-refractivity contribution in [2.45, 2.75) is 6.42 Å². The van der Waals surface area contributed by atoms with Gasteiger partial charge in [0.2, 0.25) is 0 Å². The van der Waals surface area contributed by atoms with Crippen molar-refractivity contribution in [3.8, 4) is 6.07 Å². The molecular formula is C14H15N5. The van der Waals surface area contributed by atoms with Crippen LogP contribution in [0.1, 0.15) is 12.1 Å². The van der Waals surface area contributed by atoms with E-state index in [-0.39, 0.29) is 0 Å². The number of nitrogens with zero attached hydrogens (tertiary/aromatic N) is 4. The molecule has 1 aromatic carbocycles. The summed E-state index contributed by atoms with van der Waals surface area (Å²) in [5, 5.41) is 21.8. The molecule has 2 heterocycles. The molecule has 1 saturated heterocycles. The van der Waals surface area contributed by atoms with Gasteiger partial charge >= 0.3 is 0 Å². The summed E-state index contributed by atoms with van der Waals surface area (Å²) in [4.78, 5) is 2.25. The SMILES string of the molecule is N#Cc1nnc2ccccc2c1N1CCCNCC1. The van der Waals surface area contributed by atoms with Crippen LogP contribution in [0.15, 0.2) is 24.3 Å². The third-order valence-electron chi connectivity index (χ3n) is 3.40. The zero-order valence-electron chi connectivity index (χ0n) is 10.6. The number of aromatic nitrogens is 2. The average Bonchev–Trinajstić information content (AvgIpc) is 2.75. The fourth-order valence-corrected chi connectivity index (χ4v) is 2.50. The van der Waals surface area contributed by atoms with Gasteiger partial charge in [0, 0.05) is 25.0 Å². The van der Waals surface area contributed by atoms with Gasteiger partial charge < -0.3 is 10.2 Å². The van der Waals surface area contributed by atoms with Crippen molar-refractivity contribution < 1.29 is 0 Å². The summed E-state index contributed by atoms with van der Waals surface area (Å²) in [6.07, 6.45) is 1.07. The molecule has 1 fully saturated rings. The Hall–Kier alpha value is -2.19. The van der Waals surface area contributed by atoms with Crippen LogP contribution in [0.5, 0.6) is 0 Å². The van der Waals surface area contributed by atoms with Crippen molar-refractivity contribution in [1.82, 2.24) is 15.5 Å². The third kappa shape index (κ3) is 2.23. The van der Waals surface area contributed by atoms with E-state index in [4.69, 9.17) is 0 Å². The summed E-state index contributed by atoms with van der Waals surface area (Å²) in [6.45, 7) is 3.79. The molecule has 0 saturated carbocycles. The minimum atomic E-state index is 0.417. The number of nitriles is 1. The molecule has 0 atom stereocenters. The van der Waals surface area contributed by atoms with E-state index < -0.39 is 0 Å². The van der Waals surface area contributed by atoms with Crippen LogP contribution < -0.4 is 10.2 Å². The first kappa shape index (κ1) is 11.9. The van der Waals surface area contributed by atoms with E-state index in [9.17, 15) is 5.26 Å². The van der Waals surface area contributed by atoms with E-state index in [1.165, 1.54) is 0 Å². The van der Waals surface area contributed by atoms with Gasteiger partial charge in [-0.15, -0.1) is 10.2 Å². The van der Waals surface area contributed by atoms with Crippen LogP contribution in [0.2, 0.25) is 0 Å². The number of hydrogen-bond acceptors (Lipinski definition) is 5. The molecule has 0 unspecified atom stereocenters. The van der Waals surface area contributed by atoms with E-state index in [1.54, 1.807) is 0 Å². The summed E-state index contributed by atoms with van der Waals surface area (Å²) in [5.41, 5.74) is 2.19. The monoisotopic (exact) mass is 253 g/mol. The molecule has 1 aromatic heterocycles. The Kier molecular flexibility index (Phi) is 3.25. The smallest absolute Gasteiger partial charge is 0.187 e. The molecule has 0 spiro atoms. The number of benzene rings is 1. The molecule has 19 heavy (non-hydrogen) atoms. The Balaban J connectivity index is 2.16. The predicted octanol–water partition coefficient (Wildman–Crippen LogP) is 1.30. The number of anilines is 1. The van der Waals surface area contributed by atoms with Crippen molar-refractivity contribution in [2.75, 3.05) is 31.1 Å². The number of nitrogens with one attached hydrogen (secondary N) is 1. The lowest BCUT2D eigenvalue weighted by Gasteiger charge is -2.24. The highest BCUT2D eigenvalue weighted by Crippen LogP contribution is 2.28. The number of rotatable bonds is 1. The van der Waals surface area contributed by atoms with Crippen molar-refractivity contribution in [3.05, 3.63) is 30.0 Å². The Bertz CT molecular complexity index is 623. The minimum Gasteiger partial charge on any atom is -0.367 e. The van der Waals surface area contributed by atoms with E-state index in [2.05, 4.69) is 26.5 Å². The second-order valence-corrected chi connectivity index (χ2v) is 4.62. The maximum atomic E-state index is 9.28. The first-order valence-corrected chi connectivity index (χ1v) is 6.51. The predicted molar refractivity (Wildman–Crippen MR) is 74.0 cm³/mol. The first-order chi connectivity index (χ1) is 9.40. The average molecular weight is 253 g/mol. The van der Waals surface area contributed by atoms with Crippen molar-refractivity contribution >= 4 is 16.6 Å². The lowest BCUT2D eigenvalue weighted by Crippen LogP contribution is -2.29. The molecule has 1 aliphatic heterocycles. The molecule has 1 aliphatic rings. The van der Waals surface area contributed by atoms with E-state index >= 15 is 0 Å². The van der Waals surface area contributed by atoms with Crippen LogP contribution in [-0.4, -0.2) is 36.4 Å². The lowest BCUT2D eigenvalue weighted by molar-refractivity contribution is 0.724. The Morgan fingerprint density at radius 3 is 2.95 bits per heavy atom. The van der Waals surface area contributed by atoms with E-state index in [1.807, 2.05) is 24.3 Å². The van der Waals surface area contributed by atoms with Crippen LogP contribution in [0.4, 0.5) is 5.69 Å². The van der Waals surface area contributed by atoms with Crippen LogP contribution in [0.25, 0.3) is 10.9 Å². The van der Waals surface area contributed by atoms with Gasteiger partial charge in [0.1, 0.15) is 6.07 Å². The molecule has 5 nitrogen and oxygen atoms in total. The first-order valence-electron chi connectivity index (χ1n) is 6.51. The second-order valence-electron chi connectivity index (χ2n) is 4.62. The maximum absolute atomic E-state index is 9.28. The fraction of sp³-hybridized carbons (Fsp3) is 0.357.